The molecule has 0 saturated carbocycles. The molecular weight excluding hydrogens is 483 g/mol. The van der Waals surface area contributed by atoms with Crippen molar-refractivity contribution in [2.75, 3.05) is 5.32 Å². The van der Waals surface area contributed by atoms with Crippen LogP contribution < -0.4 is 10.1 Å². The lowest BCUT2D eigenvalue weighted by atomic mass is 9.77. The highest BCUT2D eigenvalue weighted by Gasteiger charge is 2.37. The second-order valence-corrected chi connectivity index (χ2v) is 9.93. The van der Waals surface area contributed by atoms with Crippen molar-refractivity contribution in [2.24, 2.45) is 10.9 Å². The van der Waals surface area contributed by atoms with Crippen molar-refractivity contribution >= 4 is 29.2 Å². The summed E-state index contributed by atoms with van der Waals surface area (Å²) in [6, 6.07) is 29.2. The second-order valence-electron chi connectivity index (χ2n) is 9.52. The van der Waals surface area contributed by atoms with E-state index in [1.54, 1.807) is 12.3 Å². The van der Waals surface area contributed by atoms with Crippen molar-refractivity contribution in [3.05, 3.63) is 136 Å². The zero-order valence-electron chi connectivity index (χ0n) is 20.1. The lowest BCUT2D eigenvalue weighted by Crippen LogP contribution is -2.28. The summed E-state index contributed by atoms with van der Waals surface area (Å²) < 4.78 is 19.1. The van der Waals surface area contributed by atoms with E-state index in [-0.39, 0.29) is 18.5 Å². The van der Waals surface area contributed by atoms with Crippen molar-refractivity contribution in [1.82, 2.24) is 0 Å². The number of para-hydroxylation sites is 1. The van der Waals surface area contributed by atoms with Crippen LogP contribution in [0.5, 0.6) is 5.75 Å². The average Bonchev–Trinajstić information content (AvgIpc) is 3.42. The Kier molecular flexibility index (Phi) is 6.50. The molecule has 5 heteroatoms. The Labute approximate surface area is 221 Å². The third-order valence-corrected chi connectivity index (χ3v) is 7.42. The summed E-state index contributed by atoms with van der Waals surface area (Å²) in [6.45, 7) is 0.246. The number of allylic oxidation sites excluding steroid dienone is 2. The Bertz CT molecular complexity index is 1480. The van der Waals surface area contributed by atoms with Crippen LogP contribution in [0.4, 0.5) is 15.8 Å². The number of nitrogens with zero attached hydrogens (tertiary/aromatic N) is 1. The highest BCUT2D eigenvalue weighted by atomic mass is 35.5. The maximum absolute atomic E-state index is 13.4. The molecule has 1 N–H and O–H groups in total. The molecule has 1 heterocycles. The predicted octanol–water partition coefficient (Wildman–Crippen LogP) is 8.64. The van der Waals surface area contributed by atoms with E-state index in [1.807, 2.05) is 24.3 Å². The van der Waals surface area contributed by atoms with Crippen LogP contribution in [0.15, 0.2) is 108 Å². The van der Waals surface area contributed by atoms with Crippen molar-refractivity contribution in [3.8, 4) is 5.75 Å². The van der Waals surface area contributed by atoms with Gasteiger partial charge in [0.05, 0.1) is 16.8 Å². The smallest absolute Gasteiger partial charge is 0.138 e. The molecule has 0 radical (unpaired) electrons. The number of hydrogen-bond acceptors (Lipinski definition) is 3. The first-order chi connectivity index (χ1) is 18.1. The summed E-state index contributed by atoms with van der Waals surface area (Å²) in [7, 11) is 0. The van der Waals surface area contributed by atoms with E-state index < -0.39 is 0 Å². The maximum Gasteiger partial charge on any atom is 0.138 e. The number of benzene rings is 4. The molecule has 3 nitrogen and oxygen atoms in total. The lowest BCUT2D eigenvalue weighted by Gasteiger charge is -2.37. The van der Waals surface area contributed by atoms with Gasteiger partial charge in [-0.3, -0.25) is 4.99 Å². The molecule has 1 aliphatic heterocycles. The molecule has 4 aromatic carbocycles. The summed E-state index contributed by atoms with van der Waals surface area (Å²) in [6.07, 6.45) is 7.55. The summed E-state index contributed by atoms with van der Waals surface area (Å²) >= 11 is 6.42. The van der Waals surface area contributed by atoms with Gasteiger partial charge in [0.2, 0.25) is 0 Å². The number of fused-ring (bicyclic) bond motifs is 3. The van der Waals surface area contributed by atoms with Crippen molar-refractivity contribution in [2.45, 2.75) is 25.0 Å². The molecule has 0 fully saturated rings. The molecule has 3 atom stereocenters. The van der Waals surface area contributed by atoms with Crippen LogP contribution in [0.3, 0.4) is 0 Å². The minimum atomic E-state index is -0.285. The van der Waals surface area contributed by atoms with Gasteiger partial charge in [-0.25, -0.2) is 4.39 Å². The van der Waals surface area contributed by atoms with Crippen LogP contribution in [0.2, 0.25) is 5.02 Å². The number of nitrogens with one attached hydrogen (secondary N) is 1. The average molecular weight is 509 g/mol. The Morgan fingerprint density at radius 1 is 0.973 bits per heavy atom. The molecule has 0 aromatic heterocycles. The second kappa shape index (κ2) is 10.2. The number of halogens is 2. The predicted molar refractivity (Wildman–Crippen MR) is 149 cm³/mol. The number of rotatable bonds is 6. The SMILES string of the molecule is Fc1cccc(COc2ccc(C=Nc3ccc([C@@H]4Nc5ccccc5[C@@H]5C=CC[C@@H]54)cc3)cc2Cl)c1. The third-order valence-electron chi connectivity index (χ3n) is 7.13. The van der Waals surface area contributed by atoms with Crippen molar-refractivity contribution in [3.63, 3.8) is 0 Å². The normalized spacial score (nSPS) is 19.9. The first kappa shape index (κ1) is 23.5. The van der Waals surface area contributed by atoms with Gasteiger partial charge in [-0.05, 0) is 83.1 Å². The van der Waals surface area contributed by atoms with Gasteiger partial charge in [-0.1, -0.05) is 66.2 Å². The topological polar surface area (TPSA) is 33.6 Å². The summed E-state index contributed by atoms with van der Waals surface area (Å²) in [5.74, 6) is 1.25. The van der Waals surface area contributed by atoms with Crippen LogP contribution >= 0.6 is 11.6 Å². The number of anilines is 1. The molecule has 6 rings (SSSR count). The maximum atomic E-state index is 13.4. The Morgan fingerprint density at radius 2 is 1.84 bits per heavy atom. The van der Waals surface area contributed by atoms with Crippen molar-refractivity contribution < 1.29 is 9.13 Å². The van der Waals surface area contributed by atoms with Gasteiger partial charge in [0.25, 0.3) is 0 Å². The van der Waals surface area contributed by atoms with Crippen LogP contribution in [0.1, 0.15) is 40.6 Å². The van der Waals surface area contributed by atoms with E-state index in [0.717, 1.165) is 23.2 Å². The lowest BCUT2D eigenvalue weighted by molar-refractivity contribution is 0.306. The first-order valence-electron chi connectivity index (χ1n) is 12.5. The molecule has 4 aromatic rings. The van der Waals surface area contributed by atoms with E-state index in [0.29, 0.717) is 22.6 Å². The molecule has 0 unspecified atom stereocenters. The molecule has 37 heavy (non-hydrogen) atoms. The molecule has 1 aliphatic carbocycles. The number of ether oxygens (including phenoxy) is 1. The zero-order valence-corrected chi connectivity index (χ0v) is 20.9. The van der Waals surface area contributed by atoms with E-state index in [4.69, 9.17) is 16.3 Å². The molecule has 0 bridgehead atoms. The highest BCUT2D eigenvalue weighted by Crippen LogP contribution is 2.49. The zero-order chi connectivity index (χ0) is 25.2. The van der Waals surface area contributed by atoms with Gasteiger partial charge in [0, 0.05) is 17.8 Å². The van der Waals surface area contributed by atoms with Crippen LogP contribution in [0, 0.1) is 11.7 Å². The largest absolute Gasteiger partial charge is 0.487 e. The Hall–Kier alpha value is -3.89. The van der Waals surface area contributed by atoms with E-state index in [2.05, 4.69) is 71.0 Å². The van der Waals surface area contributed by atoms with E-state index in [1.165, 1.54) is 28.9 Å². The standard InChI is InChI=1S/C32H26ClFN2O/c33-29-18-21(11-16-31(29)37-20-22-5-3-6-24(34)17-22)19-35-25-14-12-23(13-15-25)32-28-9-4-8-26(28)27-7-1-2-10-30(27)36-32/h1-8,10-19,26,28,32,36H,9,20H2/t26-,28-,32-/m0/s1. The van der Waals surface area contributed by atoms with Gasteiger partial charge >= 0.3 is 0 Å². The molecule has 184 valence electrons. The quantitative estimate of drug-likeness (QED) is 0.209. The van der Waals surface area contributed by atoms with Crippen molar-refractivity contribution in [1.29, 1.82) is 0 Å². The fraction of sp³-hybridized carbons (Fsp3) is 0.156. The minimum absolute atomic E-state index is 0.246. The number of hydrogen-bond donors (Lipinski definition) is 1. The first-order valence-corrected chi connectivity index (χ1v) is 12.8. The van der Waals surface area contributed by atoms with Gasteiger partial charge < -0.3 is 10.1 Å². The van der Waals surface area contributed by atoms with Gasteiger partial charge in [0.1, 0.15) is 18.2 Å². The van der Waals surface area contributed by atoms with Crippen LogP contribution in [-0.2, 0) is 6.61 Å². The molecular formula is C32H26ClFN2O. The third kappa shape index (κ3) is 5.03. The fourth-order valence-electron chi connectivity index (χ4n) is 5.29. The summed E-state index contributed by atoms with van der Waals surface area (Å²) in [4.78, 5) is 4.64. The number of aliphatic imine (C=N–C) groups is 1. The monoisotopic (exact) mass is 508 g/mol. The Balaban J connectivity index is 1.12. The minimum Gasteiger partial charge on any atom is -0.487 e. The summed E-state index contributed by atoms with van der Waals surface area (Å²) in [5.41, 5.74) is 6.39. The van der Waals surface area contributed by atoms with Crippen LogP contribution in [-0.4, -0.2) is 6.21 Å². The molecule has 2 aliphatic rings. The Morgan fingerprint density at radius 3 is 2.68 bits per heavy atom. The highest BCUT2D eigenvalue weighted by molar-refractivity contribution is 6.32. The summed E-state index contributed by atoms with van der Waals surface area (Å²) in [5, 5.41) is 4.26. The molecule has 0 spiro atoms. The molecule has 0 amide bonds. The van der Waals surface area contributed by atoms with Gasteiger partial charge in [-0.15, -0.1) is 0 Å². The van der Waals surface area contributed by atoms with Gasteiger partial charge in [-0.2, -0.15) is 0 Å². The van der Waals surface area contributed by atoms with E-state index in [9.17, 15) is 4.39 Å². The molecule has 0 saturated heterocycles. The van der Waals surface area contributed by atoms with Crippen LogP contribution in [0.25, 0.3) is 0 Å². The van der Waals surface area contributed by atoms with E-state index >= 15 is 0 Å². The van der Waals surface area contributed by atoms with Gasteiger partial charge in [0.15, 0.2) is 0 Å². The fourth-order valence-corrected chi connectivity index (χ4v) is 5.54.